The summed E-state index contributed by atoms with van der Waals surface area (Å²) >= 11 is 0. The highest BCUT2D eigenvalue weighted by Gasteiger charge is 2.36. The molecule has 0 spiro atoms. The molecule has 0 saturated carbocycles. The normalized spacial score (nSPS) is 22.0. The number of rotatable bonds is 6. The molecule has 3 rings (SSSR count). The van der Waals surface area contributed by atoms with Crippen LogP contribution in [0.2, 0.25) is 0 Å². The molecule has 0 aliphatic carbocycles. The summed E-state index contributed by atoms with van der Waals surface area (Å²) in [7, 11) is 1.62. The van der Waals surface area contributed by atoms with Crippen LogP contribution >= 0.6 is 0 Å². The van der Waals surface area contributed by atoms with Crippen LogP contribution in [0, 0.1) is 11.2 Å². The fourth-order valence-corrected chi connectivity index (χ4v) is 4.08. The third-order valence-corrected chi connectivity index (χ3v) is 5.65. The third kappa shape index (κ3) is 4.08. The standard InChI is InChI=1S/C19H29FN2O2/c1-24-18-5-4-17(20)12-16(18)13-21-10-6-19(15-23,7-11-21)14-22-8-2-3-9-22/h4-5,12,23H,2-3,6-11,13-15H2,1H3. The number of benzene rings is 1. The lowest BCUT2D eigenvalue weighted by molar-refractivity contribution is 0.0163. The van der Waals surface area contributed by atoms with E-state index in [0.717, 1.165) is 43.8 Å². The highest BCUT2D eigenvalue weighted by molar-refractivity contribution is 5.33. The van der Waals surface area contributed by atoms with E-state index in [9.17, 15) is 9.50 Å². The van der Waals surface area contributed by atoms with Gasteiger partial charge in [0.25, 0.3) is 0 Å². The Labute approximate surface area is 144 Å². The number of hydrogen-bond acceptors (Lipinski definition) is 4. The van der Waals surface area contributed by atoms with Crippen LogP contribution in [-0.4, -0.2) is 61.3 Å². The lowest BCUT2D eigenvalue weighted by atomic mass is 9.78. The molecule has 0 radical (unpaired) electrons. The van der Waals surface area contributed by atoms with Crippen LogP contribution in [0.5, 0.6) is 5.75 Å². The number of halogens is 1. The molecule has 4 nitrogen and oxygen atoms in total. The predicted molar refractivity (Wildman–Crippen MR) is 92.7 cm³/mol. The Morgan fingerprint density at radius 2 is 1.83 bits per heavy atom. The summed E-state index contributed by atoms with van der Waals surface area (Å²) in [6.07, 6.45) is 4.56. The molecule has 0 atom stereocenters. The summed E-state index contributed by atoms with van der Waals surface area (Å²) < 4.78 is 18.9. The average molecular weight is 336 g/mol. The van der Waals surface area contributed by atoms with Crippen LogP contribution in [0.1, 0.15) is 31.2 Å². The first kappa shape index (κ1) is 17.6. The van der Waals surface area contributed by atoms with Gasteiger partial charge < -0.3 is 14.7 Å². The van der Waals surface area contributed by atoms with Gasteiger partial charge in [-0.3, -0.25) is 4.90 Å². The van der Waals surface area contributed by atoms with E-state index in [1.165, 1.54) is 32.0 Å². The van der Waals surface area contributed by atoms with Gasteiger partial charge in [0.15, 0.2) is 0 Å². The van der Waals surface area contributed by atoms with E-state index < -0.39 is 0 Å². The molecule has 2 aliphatic heterocycles. The van der Waals surface area contributed by atoms with E-state index in [-0.39, 0.29) is 17.8 Å². The van der Waals surface area contributed by atoms with Crippen molar-refractivity contribution in [2.45, 2.75) is 32.2 Å². The summed E-state index contributed by atoms with van der Waals surface area (Å²) in [6.45, 7) is 6.20. The molecule has 5 heteroatoms. The van der Waals surface area contributed by atoms with Crippen molar-refractivity contribution in [2.24, 2.45) is 5.41 Å². The van der Waals surface area contributed by atoms with Crippen LogP contribution in [-0.2, 0) is 6.54 Å². The Morgan fingerprint density at radius 1 is 1.12 bits per heavy atom. The Kier molecular flexibility index (Phi) is 5.74. The number of aliphatic hydroxyl groups excluding tert-OH is 1. The van der Waals surface area contributed by atoms with Gasteiger partial charge in [0.05, 0.1) is 13.7 Å². The number of aliphatic hydroxyl groups is 1. The van der Waals surface area contributed by atoms with Gasteiger partial charge in [0.2, 0.25) is 0 Å². The first-order valence-electron chi connectivity index (χ1n) is 9.02. The van der Waals surface area contributed by atoms with Crippen LogP contribution < -0.4 is 4.74 Å². The fraction of sp³-hybridized carbons (Fsp3) is 0.684. The maximum Gasteiger partial charge on any atom is 0.123 e. The zero-order chi connectivity index (χ0) is 17.0. The van der Waals surface area contributed by atoms with Crippen LogP contribution in [0.15, 0.2) is 18.2 Å². The molecule has 2 saturated heterocycles. The Bertz CT molecular complexity index is 538. The smallest absolute Gasteiger partial charge is 0.123 e. The third-order valence-electron chi connectivity index (χ3n) is 5.65. The minimum absolute atomic E-state index is 0.0346. The van der Waals surface area contributed by atoms with Crippen molar-refractivity contribution >= 4 is 0 Å². The SMILES string of the molecule is COc1ccc(F)cc1CN1CCC(CO)(CN2CCCC2)CC1. The van der Waals surface area contributed by atoms with E-state index in [4.69, 9.17) is 4.74 Å². The number of ether oxygens (including phenoxy) is 1. The minimum atomic E-state index is -0.221. The molecule has 1 N–H and O–H groups in total. The van der Waals surface area contributed by atoms with Gasteiger partial charge >= 0.3 is 0 Å². The number of likely N-dealkylation sites (tertiary alicyclic amines) is 2. The van der Waals surface area contributed by atoms with Crippen LogP contribution in [0.3, 0.4) is 0 Å². The molecule has 0 amide bonds. The van der Waals surface area contributed by atoms with Crippen molar-refractivity contribution < 1.29 is 14.2 Å². The molecular formula is C19H29FN2O2. The van der Waals surface area contributed by atoms with E-state index >= 15 is 0 Å². The molecule has 2 aliphatic rings. The molecule has 0 bridgehead atoms. The first-order chi connectivity index (χ1) is 11.6. The highest BCUT2D eigenvalue weighted by Crippen LogP contribution is 2.34. The Hall–Kier alpha value is -1.17. The van der Waals surface area contributed by atoms with Gasteiger partial charge in [-0.25, -0.2) is 4.39 Å². The second-order valence-electron chi connectivity index (χ2n) is 7.37. The zero-order valence-corrected chi connectivity index (χ0v) is 14.6. The first-order valence-corrected chi connectivity index (χ1v) is 9.02. The highest BCUT2D eigenvalue weighted by atomic mass is 19.1. The van der Waals surface area contributed by atoms with Gasteiger partial charge in [-0.1, -0.05) is 0 Å². The molecule has 134 valence electrons. The van der Waals surface area contributed by atoms with E-state index in [0.29, 0.717) is 6.54 Å². The number of piperidine rings is 1. The van der Waals surface area contributed by atoms with Gasteiger partial charge in [-0.2, -0.15) is 0 Å². The molecular weight excluding hydrogens is 307 g/mol. The lowest BCUT2D eigenvalue weighted by Crippen LogP contribution is -2.47. The summed E-state index contributed by atoms with van der Waals surface area (Å²) in [5.74, 6) is 0.522. The summed E-state index contributed by atoms with van der Waals surface area (Å²) in [5.41, 5.74) is 0.931. The number of methoxy groups -OCH3 is 1. The van der Waals surface area contributed by atoms with Crippen molar-refractivity contribution in [1.29, 1.82) is 0 Å². The van der Waals surface area contributed by atoms with Crippen LogP contribution in [0.25, 0.3) is 0 Å². The Morgan fingerprint density at radius 3 is 2.46 bits per heavy atom. The maximum atomic E-state index is 13.5. The van der Waals surface area contributed by atoms with Gasteiger partial charge in [-0.05, 0) is 70.1 Å². The minimum Gasteiger partial charge on any atom is -0.496 e. The molecule has 24 heavy (non-hydrogen) atoms. The lowest BCUT2D eigenvalue weighted by Gasteiger charge is -2.42. The second kappa shape index (κ2) is 7.81. The fourth-order valence-electron chi connectivity index (χ4n) is 4.08. The van der Waals surface area contributed by atoms with E-state index in [1.54, 1.807) is 19.2 Å². The monoisotopic (exact) mass is 336 g/mol. The van der Waals surface area contributed by atoms with E-state index in [1.807, 2.05) is 0 Å². The maximum absolute atomic E-state index is 13.5. The summed E-state index contributed by atoms with van der Waals surface area (Å²) in [5, 5.41) is 9.98. The van der Waals surface area contributed by atoms with Gasteiger partial charge in [0.1, 0.15) is 11.6 Å². The zero-order valence-electron chi connectivity index (χ0n) is 14.6. The van der Waals surface area contributed by atoms with Crippen molar-refractivity contribution in [2.75, 3.05) is 46.4 Å². The quantitative estimate of drug-likeness (QED) is 0.866. The molecule has 1 aromatic rings. The van der Waals surface area contributed by atoms with E-state index in [2.05, 4.69) is 9.80 Å². The largest absolute Gasteiger partial charge is 0.496 e. The van der Waals surface area contributed by atoms with Crippen molar-refractivity contribution in [3.63, 3.8) is 0 Å². The van der Waals surface area contributed by atoms with Crippen molar-refractivity contribution in [3.8, 4) is 5.75 Å². The van der Waals surface area contributed by atoms with Gasteiger partial charge in [-0.15, -0.1) is 0 Å². The molecule has 0 unspecified atom stereocenters. The van der Waals surface area contributed by atoms with Crippen molar-refractivity contribution in [1.82, 2.24) is 9.80 Å². The summed E-state index contributed by atoms with van der Waals surface area (Å²) in [6, 6.07) is 4.70. The molecule has 1 aromatic carbocycles. The topological polar surface area (TPSA) is 35.9 Å². The second-order valence-corrected chi connectivity index (χ2v) is 7.37. The average Bonchev–Trinajstić information content (AvgIpc) is 3.10. The number of nitrogens with zero attached hydrogens (tertiary/aromatic N) is 2. The predicted octanol–water partition coefficient (Wildman–Crippen LogP) is 2.50. The van der Waals surface area contributed by atoms with Gasteiger partial charge in [0, 0.05) is 24.1 Å². The molecule has 0 aromatic heterocycles. The summed E-state index contributed by atoms with van der Waals surface area (Å²) in [4.78, 5) is 4.84. The number of hydrogen-bond donors (Lipinski definition) is 1. The van der Waals surface area contributed by atoms with Crippen LogP contribution in [0.4, 0.5) is 4.39 Å². The Balaban J connectivity index is 1.59. The molecule has 2 fully saturated rings. The molecule has 2 heterocycles. The van der Waals surface area contributed by atoms with Crippen molar-refractivity contribution in [3.05, 3.63) is 29.6 Å².